The van der Waals surface area contributed by atoms with Gasteiger partial charge in [0.15, 0.2) is 0 Å². The molecule has 0 aliphatic carbocycles. The molecule has 0 saturated heterocycles. The molecule has 0 radical (unpaired) electrons. The minimum absolute atomic E-state index is 0.102. The molecule has 0 spiro atoms. The largest absolute Gasteiger partial charge is 0.508 e. The first kappa shape index (κ1) is 16.8. The van der Waals surface area contributed by atoms with Crippen LogP contribution in [0, 0.1) is 0 Å². The van der Waals surface area contributed by atoms with Gasteiger partial charge < -0.3 is 19.3 Å². The second-order valence-electron chi connectivity index (χ2n) is 5.76. The van der Waals surface area contributed by atoms with E-state index in [1.54, 1.807) is 47.6 Å². The first-order valence-corrected chi connectivity index (χ1v) is 9.20. The van der Waals surface area contributed by atoms with Crippen LogP contribution in [0.5, 0.6) is 11.5 Å². The Morgan fingerprint density at radius 2 is 1.96 bits per heavy atom. The number of carbonyl (C=O) groups is 1. The molecule has 4 rings (SSSR count). The SMILES string of the molecule is O=C(c1ccc(Cl)s1)N1CCn2cccc2/C1=C\Oc1ccc(O)cc1. The molecule has 3 heterocycles. The maximum absolute atomic E-state index is 13.0. The van der Waals surface area contributed by atoms with Crippen LogP contribution in [-0.4, -0.2) is 27.0 Å². The van der Waals surface area contributed by atoms with Gasteiger partial charge >= 0.3 is 0 Å². The number of benzene rings is 1. The zero-order valence-corrected chi connectivity index (χ0v) is 15.2. The lowest BCUT2D eigenvalue weighted by atomic mass is 10.2. The standard InChI is InChI=1S/C19H15ClN2O3S/c20-18-8-7-17(26-18)19(24)22-11-10-21-9-1-2-15(21)16(22)12-25-14-5-3-13(23)4-6-14/h1-9,12,23H,10-11H2/b16-12+. The van der Waals surface area contributed by atoms with Gasteiger partial charge in [0.1, 0.15) is 23.5 Å². The van der Waals surface area contributed by atoms with Gasteiger partial charge in [-0.15, -0.1) is 11.3 Å². The second kappa shape index (κ2) is 6.90. The van der Waals surface area contributed by atoms with Gasteiger partial charge in [0.2, 0.25) is 0 Å². The number of phenols is 1. The van der Waals surface area contributed by atoms with Crippen LogP contribution in [0.2, 0.25) is 4.34 Å². The molecule has 0 fully saturated rings. The number of thiophene rings is 1. The predicted octanol–water partition coefficient (Wildman–Crippen LogP) is 4.44. The van der Waals surface area contributed by atoms with E-state index in [9.17, 15) is 9.90 Å². The van der Waals surface area contributed by atoms with Crippen LogP contribution < -0.4 is 4.74 Å². The van der Waals surface area contributed by atoms with Gasteiger partial charge in [-0.2, -0.15) is 0 Å². The number of halogens is 1. The minimum atomic E-state index is -0.102. The number of fused-ring (bicyclic) bond motifs is 1. The fourth-order valence-electron chi connectivity index (χ4n) is 2.85. The number of rotatable bonds is 3. The number of carbonyl (C=O) groups excluding carboxylic acids is 1. The molecular formula is C19H15ClN2O3S. The summed E-state index contributed by atoms with van der Waals surface area (Å²) in [7, 11) is 0. The zero-order chi connectivity index (χ0) is 18.1. The number of aromatic nitrogens is 1. The van der Waals surface area contributed by atoms with E-state index >= 15 is 0 Å². The summed E-state index contributed by atoms with van der Waals surface area (Å²) in [6.45, 7) is 1.25. The lowest BCUT2D eigenvalue weighted by Gasteiger charge is -2.30. The van der Waals surface area contributed by atoms with E-state index in [-0.39, 0.29) is 11.7 Å². The predicted molar refractivity (Wildman–Crippen MR) is 102 cm³/mol. The molecule has 1 amide bonds. The Morgan fingerprint density at radius 1 is 1.15 bits per heavy atom. The smallest absolute Gasteiger partial charge is 0.268 e. The van der Waals surface area contributed by atoms with Crippen molar-refractivity contribution >= 4 is 34.5 Å². The monoisotopic (exact) mass is 386 g/mol. The van der Waals surface area contributed by atoms with E-state index in [1.807, 2.05) is 18.3 Å². The highest BCUT2D eigenvalue weighted by Crippen LogP contribution is 2.30. The van der Waals surface area contributed by atoms with E-state index < -0.39 is 0 Å². The molecule has 0 saturated carbocycles. The van der Waals surface area contributed by atoms with Gasteiger partial charge in [-0.05, 0) is 48.5 Å². The van der Waals surface area contributed by atoms with Crippen molar-refractivity contribution in [1.29, 1.82) is 0 Å². The van der Waals surface area contributed by atoms with Crippen molar-refractivity contribution in [3.05, 3.63) is 75.9 Å². The van der Waals surface area contributed by atoms with E-state index in [0.29, 0.717) is 33.7 Å². The van der Waals surface area contributed by atoms with Crippen molar-refractivity contribution in [3.8, 4) is 11.5 Å². The molecule has 7 heteroatoms. The van der Waals surface area contributed by atoms with Crippen molar-refractivity contribution in [1.82, 2.24) is 9.47 Å². The average molecular weight is 387 g/mol. The van der Waals surface area contributed by atoms with Crippen LogP contribution in [0.25, 0.3) is 5.70 Å². The number of hydrogen-bond donors (Lipinski definition) is 1. The summed E-state index contributed by atoms with van der Waals surface area (Å²) in [5.74, 6) is 0.642. The summed E-state index contributed by atoms with van der Waals surface area (Å²) in [5, 5.41) is 9.38. The Kier molecular flexibility index (Phi) is 4.44. The maximum Gasteiger partial charge on any atom is 0.268 e. The summed E-state index contributed by atoms with van der Waals surface area (Å²) >= 11 is 7.24. The summed E-state index contributed by atoms with van der Waals surface area (Å²) in [4.78, 5) is 15.2. The Labute approximate surface area is 159 Å². The normalized spacial score (nSPS) is 15.1. The first-order chi connectivity index (χ1) is 12.6. The highest BCUT2D eigenvalue weighted by atomic mass is 35.5. The summed E-state index contributed by atoms with van der Waals surface area (Å²) < 4.78 is 8.41. The second-order valence-corrected chi connectivity index (χ2v) is 7.48. The van der Waals surface area contributed by atoms with Gasteiger partial charge in [0.05, 0.1) is 14.9 Å². The molecule has 2 aromatic heterocycles. The molecule has 26 heavy (non-hydrogen) atoms. The fraction of sp³-hybridized carbons (Fsp3) is 0.105. The van der Waals surface area contributed by atoms with Gasteiger partial charge in [-0.25, -0.2) is 0 Å². The molecule has 1 aliphatic heterocycles. The topological polar surface area (TPSA) is 54.7 Å². The van der Waals surface area contributed by atoms with Crippen molar-refractivity contribution < 1.29 is 14.6 Å². The van der Waals surface area contributed by atoms with Crippen molar-refractivity contribution in [3.63, 3.8) is 0 Å². The van der Waals surface area contributed by atoms with Crippen LogP contribution in [0.1, 0.15) is 15.4 Å². The van der Waals surface area contributed by atoms with Crippen LogP contribution >= 0.6 is 22.9 Å². The summed E-state index contributed by atoms with van der Waals surface area (Å²) in [6.07, 6.45) is 3.55. The van der Waals surface area contributed by atoms with Gasteiger partial charge in [-0.1, -0.05) is 11.6 Å². The highest BCUT2D eigenvalue weighted by molar-refractivity contribution is 7.18. The number of aromatic hydroxyl groups is 1. The van der Waals surface area contributed by atoms with Gasteiger partial charge in [-0.3, -0.25) is 4.79 Å². The fourth-order valence-corrected chi connectivity index (χ4v) is 3.85. The number of nitrogens with zero attached hydrogens (tertiary/aromatic N) is 2. The number of hydrogen-bond acceptors (Lipinski definition) is 4. The number of amides is 1. The zero-order valence-electron chi connectivity index (χ0n) is 13.6. The van der Waals surface area contributed by atoms with Gasteiger partial charge in [0.25, 0.3) is 5.91 Å². The van der Waals surface area contributed by atoms with Crippen LogP contribution in [-0.2, 0) is 6.54 Å². The third-order valence-electron chi connectivity index (χ3n) is 4.12. The Balaban J connectivity index is 1.67. The molecule has 5 nitrogen and oxygen atoms in total. The maximum atomic E-state index is 13.0. The first-order valence-electron chi connectivity index (χ1n) is 8.00. The third-order valence-corrected chi connectivity index (χ3v) is 5.34. The Hall–Kier alpha value is -2.70. The van der Waals surface area contributed by atoms with Crippen LogP contribution in [0.15, 0.2) is 61.0 Å². The minimum Gasteiger partial charge on any atom is -0.508 e. The molecule has 0 unspecified atom stereocenters. The molecule has 132 valence electrons. The lowest BCUT2D eigenvalue weighted by molar-refractivity contribution is 0.0826. The molecule has 1 N–H and O–H groups in total. The summed E-state index contributed by atoms with van der Waals surface area (Å²) in [6, 6.07) is 13.8. The number of ether oxygens (including phenoxy) is 1. The van der Waals surface area contributed by atoms with Crippen LogP contribution in [0.3, 0.4) is 0 Å². The Morgan fingerprint density at radius 3 is 2.69 bits per heavy atom. The van der Waals surface area contributed by atoms with E-state index in [0.717, 1.165) is 5.69 Å². The molecule has 0 bridgehead atoms. The van der Waals surface area contributed by atoms with Crippen LogP contribution in [0.4, 0.5) is 0 Å². The number of phenolic OH excluding ortho intramolecular Hbond substituents is 1. The van der Waals surface area contributed by atoms with Gasteiger partial charge in [0, 0.05) is 19.3 Å². The van der Waals surface area contributed by atoms with Crippen molar-refractivity contribution in [2.75, 3.05) is 6.54 Å². The third kappa shape index (κ3) is 3.21. The Bertz CT molecular complexity index is 975. The summed E-state index contributed by atoms with van der Waals surface area (Å²) in [5.41, 5.74) is 1.59. The molecular weight excluding hydrogens is 372 g/mol. The lowest BCUT2D eigenvalue weighted by Crippen LogP contribution is -2.36. The van der Waals surface area contributed by atoms with E-state index in [4.69, 9.17) is 16.3 Å². The molecule has 0 atom stereocenters. The quantitative estimate of drug-likeness (QED) is 0.677. The highest BCUT2D eigenvalue weighted by Gasteiger charge is 2.28. The molecule has 1 aliphatic rings. The van der Waals surface area contributed by atoms with Crippen molar-refractivity contribution in [2.24, 2.45) is 0 Å². The average Bonchev–Trinajstić information content (AvgIpc) is 3.29. The van der Waals surface area contributed by atoms with Crippen molar-refractivity contribution in [2.45, 2.75) is 6.54 Å². The molecule has 1 aromatic carbocycles. The van der Waals surface area contributed by atoms with E-state index in [1.165, 1.54) is 11.3 Å². The molecule has 3 aromatic rings. The van der Waals surface area contributed by atoms with E-state index in [2.05, 4.69) is 4.57 Å².